The molecule has 234 valence electrons. The lowest BCUT2D eigenvalue weighted by atomic mass is 9.68. The van der Waals surface area contributed by atoms with Gasteiger partial charge < -0.3 is 4.74 Å². The minimum absolute atomic E-state index is 0.133. The zero-order valence-electron chi connectivity index (χ0n) is 26.9. The first-order valence-electron chi connectivity index (χ1n) is 16.4. The lowest BCUT2D eigenvalue weighted by Crippen LogP contribution is -2.28. The topological polar surface area (TPSA) is 60.4 Å². The number of ketones is 2. The van der Waals surface area contributed by atoms with Gasteiger partial charge in [0, 0.05) is 32.3 Å². The Labute approximate surface area is 272 Å². The second-order valence-electron chi connectivity index (χ2n) is 12.7. The van der Waals surface area contributed by atoms with Crippen LogP contribution < -0.4 is 0 Å². The molecule has 0 N–H and O–H groups in total. The Morgan fingerprint density at radius 2 is 1.51 bits per heavy atom. The predicted molar refractivity (Wildman–Crippen MR) is 183 cm³/mol. The second kappa shape index (κ2) is 14.6. The molecule has 0 aliphatic heterocycles. The third-order valence-corrected chi connectivity index (χ3v) is 9.95. The summed E-state index contributed by atoms with van der Waals surface area (Å²) >= 11 is 1.69. The highest BCUT2D eigenvalue weighted by Gasteiger charge is 2.46. The van der Waals surface area contributed by atoms with Gasteiger partial charge in [0.25, 0.3) is 5.78 Å². The monoisotopic (exact) mass is 620 g/mol. The molecule has 0 spiro atoms. The molecule has 0 radical (unpaired) electrons. The Bertz CT molecular complexity index is 1590. The molecule has 0 aromatic heterocycles. The molecule has 3 aromatic rings. The van der Waals surface area contributed by atoms with Crippen molar-refractivity contribution in [2.24, 2.45) is 11.8 Å². The van der Waals surface area contributed by atoms with Gasteiger partial charge in [-0.05, 0) is 77.8 Å². The van der Waals surface area contributed by atoms with Crippen LogP contribution in [0, 0.1) is 11.8 Å². The number of unbranched alkanes of at least 4 members (excludes halogenated alkanes) is 2. The molecule has 1 unspecified atom stereocenters. The van der Waals surface area contributed by atoms with Crippen LogP contribution in [0.1, 0.15) is 104 Å². The van der Waals surface area contributed by atoms with E-state index in [9.17, 15) is 14.4 Å². The number of rotatable bonds is 14. The van der Waals surface area contributed by atoms with E-state index in [4.69, 9.17) is 4.74 Å². The molecular weight excluding hydrogens is 577 g/mol. The standard InChI is InChI=1S/C40H44O4S/c1-5-7-22-40(23-8-6-2)35-24-29(37(41)28-14-18-32(19-15-28)45-31-12-10-9-11-13-31)16-20-33(35)34-21-17-30(25-36(34)40)38(42)39(43)44-26-27(3)4/h9-15,17-21,24-25,27,29H,5-8,16,22-23,26H2,1-4H3. The fourth-order valence-electron chi connectivity index (χ4n) is 6.60. The molecule has 3 aromatic carbocycles. The number of allylic oxidation sites excluding steroid dienone is 4. The molecule has 4 nitrogen and oxygen atoms in total. The molecule has 5 rings (SSSR count). The average Bonchev–Trinajstić information content (AvgIpc) is 3.33. The van der Waals surface area contributed by atoms with Crippen LogP contribution in [0.3, 0.4) is 0 Å². The number of fused-ring (bicyclic) bond motifs is 3. The Hall–Kier alpha value is -3.70. The van der Waals surface area contributed by atoms with Crippen molar-refractivity contribution in [3.05, 3.63) is 113 Å². The summed E-state index contributed by atoms with van der Waals surface area (Å²) in [4.78, 5) is 42.0. The SMILES string of the molecule is CCCCC1(CCCC)C2=CC(C(=O)c3ccc(Sc4ccccc4)cc3)CC=C2c2ccc(C(=O)C(=O)OCC(C)C)cc21. The van der Waals surface area contributed by atoms with Crippen LogP contribution in [-0.2, 0) is 14.9 Å². The molecule has 0 bridgehead atoms. The fourth-order valence-corrected chi connectivity index (χ4v) is 7.44. The van der Waals surface area contributed by atoms with Crippen LogP contribution in [-0.4, -0.2) is 24.1 Å². The first-order valence-corrected chi connectivity index (χ1v) is 17.3. The predicted octanol–water partition coefficient (Wildman–Crippen LogP) is 10.1. The van der Waals surface area contributed by atoms with Crippen molar-refractivity contribution >= 4 is 34.9 Å². The summed E-state index contributed by atoms with van der Waals surface area (Å²) in [5.41, 5.74) is 5.42. The zero-order valence-corrected chi connectivity index (χ0v) is 27.8. The van der Waals surface area contributed by atoms with Crippen LogP contribution in [0.2, 0.25) is 0 Å². The summed E-state index contributed by atoms with van der Waals surface area (Å²) in [7, 11) is 0. The van der Waals surface area contributed by atoms with E-state index in [2.05, 4.69) is 38.1 Å². The molecule has 0 saturated heterocycles. The van der Waals surface area contributed by atoms with Gasteiger partial charge in [0.1, 0.15) is 0 Å². The van der Waals surface area contributed by atoms with Gasteiger partial charge in [0.2, 0.25) is 0 Å². The summed E-state index contributed by atoms with van der Waals surface area (Å²) in [6.07, 6.45) is 11.1. The number of carbonyl (C=O) groups is 3. The lowest BCUT2D eigenvalue weighted by Gasteiger charge is -2.35. The first-order chi connectivity index (χ1) is 21.8. The maximum absolute atomic E-state index is 13.9. The van der Waals surface area contributed by atoms with Crippen LogP contribution in [0.15, 0.2) is 100 Å². The number of carbonyl (C=O) groups excluding carboxylic acids is 3. The van der Waals surface area contributed by atoms with E-state index in [1.807, 2.05) is 68.4 Å². The van der Waals surface area contributed by atoms with Gasteiger partial charge >= 0.3 is 5.97 Å². The van der Waals surface area contributed by atoms with Crippen LogP contribution in [0.4, 0.5) is 0 Å². The van der Waals surface area contributed by atoms with Crippen LogP contribution in [0.5, 0.6) is 0 Å². The number of hydrogen-bond donors (Lipinski definition) is 0. The van der Waals surface area contributed by atoms with E-state index in [-0.39, 0.29) is 29.6 Å². The van der Waals surface area contributed by atoms with Gasteiger partial charge in [-0.3, -0.25) is 9.59 Å². The minimum Gasteiger partial charge on any atom is -0.459 e. The van der Waals surface area contributed by atoms with Crippen LogP contribution >= 0.6 is 11.8 Å². The highest BCUT2D eigenvalue weighted by molar-refractivity contribution is 7.99. The van der Waals surface area contributed by atoms with Crippen molar-refractivity contribution in [1.29, 1.82) is 0 Å². The number of ether oxygens (including phenoxy) is 1. The Morgan fingerprint density at radius 3 is 2.16 bits per heavy atom. The van der Waals surface area contributed by atoms with Gasteiger partial charge in [-0.15, -0.1) is 0 Å². The molecule has 0 heterocycles. The van der Waals surface area contributed by atoms with Gasteiger partial charge in [-0.1, -0.05) is 120 Å². The van der Waals surface area contributed by atoms with Crippen molar-refractivity contribution in [2.45, 2.75) is 87.8 Å². The van der Waals surface area contributed by atoms with Crippen molar-refractivity contribution < 1.29 is 19.1 Å². The zero-order chi connectivity index (χ0) is 32.0. The normalized spacial score (nSPS) is 16.4. The molecule has 0 fully saturated rings. The van der Waals surface area contributed by atoms with Crippen molar-refractivity contribution in [2.75, 3.05) is 6.61 Å². The summed E-state index contributed by atoms with van der Waals surface area (Å²) in [6, 6.07) is 23.9. The average molecular weight is 621 g/mol. The molecule has 1 atom stereocenters. The number of hydrogen-bond acceptors (Lipinski definition) is 5. The molecule has 2 aliphatic carbocycles. The van der Waals surface area contributed by atoms with Gasteiger partial charge in [-0.25, -0.2) is 4.79 Å². The molecule has 0 saturated carbocycles. The van der Waals surface area contributed by atoms with Gasteiger partial charge in [0.15, 0.2) is 5.78 Å². The summed E-state index contributed by atoms with van der Waals surface area (Å²) in [6.45, 7) is 8.52. The lowest BCUT2D eigenvalue weighted by molar-refractivity contribution is -0.139. The quantitative estimate of drug-likeness (QED) is 0.102. The van der Waals surface area contributed by atoms with Crippen molar-refractivity contribution in [3.8, 4) is 0 Å². The van der Waals surface area contributed by atoms with Crippen LogP contribution in [0.25, 0.3) is 5.57 Å². The Morgan fingerprint density at radius 1 is 0.867 bits per heavy atom. The van der Waals surface area contributed by atoms with E-state index >= 15 is 0 Å². The first kappa shape index (κ1) is 32.7. The largest absolute Gasteiger partial charge is 0.459 e. The molecular formula is C40H44O4S. The summed E-state index contributed by atoms with van der Waals surface area (Å²) in [5.74, 6) is -1.36. The molecule has 0 amide bonds. The third kappa shape index (κ3) is 7.09. The van der Waals surface area contributed by atoms with E-state index < -0.39 is 11.8 Å². The fraction of sp³-hybridized carbons (Fsp3) is 0.375. The van der Waals surface area contributed by atoms with E-state index in [0.29, 0.717) is 12.0 Å². The number of benzene rings is 3. The highest BCUT2D eigenvalue weighted by atomic mass is 32.2. The highest BCUT2D eigenvalue weighted by Crippen LogP contribution is 2.57. The smallest absolute Gasteiger partial charge is 0.379 e. The van der Waals surface area contributed by atoms with Gasteiger partial charge in [-0.2, -0.15) is 0 Å². The maximum atomic E-state index is 13.9. The Balaban J connectivity index is 1.47. The van der Waals surface area contributed by atoms with Gasteiger partial charge in [0.05, 0.1) is 6.61 Å². The maximum Gasteiger partial charge on any atom is 0.379 e. The van der Waals surface area contributed by atoms with E-state index in [1.54, 1.807) is 17.8 Å². The number of esters is 1. The molecule has 2 aliphatic rings. The number of Topliss-reactive ketones (excluding diaryl/α,β-unsaturated/α-hetero) is 2. The third-order valence-electron chi connectivity index (χ3n) is 8.94. The molecule has 45 heavy (non-hydrogen) atoms. The molecule has 5 heteroatoms. The second-order valence-corrected chi connectivity index (χ2v) is 13.9. The summed E-state index contributed by atoms with van der Waals surface area (Å²) in [5, 5.41) is 0. The Kier molecular flexibility index (Phi) is 10.6. The summed E-state index contributed by atoms with van der Waals surface area (Å²) < 4.78 is 5.28. The minimum atomic E-state index is -0.802. The van der Waals surface area contributed by atoms with E-state index in [0.717, 1.165) is 60.1 Å². The van der Waals surface area contributed by atoms with Crippen molar-refractivity contribution in [1.82, 2.24) is 0 Å². The van der Waals surface area contributed by atoms with Crippen molar-refractivity contribution in [3.63, 3.8) is 0 Å². The van der Waals surface area contributed by atoms with E-state index in [1.165, 1.54) is 16.0 Å².